The van der Waals surface area contributed by atoms with Crippen LogP contribution < -0.4 is 20.7 Å². The molecule has 3 N–H and O–H groups in total. The number of thiazole rings is 1. The Morgan fingerprint density at radius 1 is 1.22 bits per heavy atom. The molecule has 1 amide bonds. The highest BCUT2D eigenvalue weighted by atomic mass is 32.1. The van der Waals surface area contributed by atoms with Crippen molar-refractivity contribution < 1.29 is 9.53 Å². The Labute approximate surface area is 164 Å². The number of carbonyl (C=O) groups excluding carboxylic acids is 1. The average Bonchev–Trinajstić information content (AvgIpc) is 2.98. The van der Waals surface area contributed by atoms with Crippen LogP contribution in [0.25, 0.3) is 0 Å². The Kier molecular flexibility index (Phi) is 8.06. The summed E-state index contributed by atoms with van der Waals surface area (Å²) in [6.07, 6.45) is 0. The molecule has 146 valence electrons. The molecule has 27 heavy (non-hydrogen) atoms. The number of amides is 1. The second-order valence-corrected chi connectivity index (χ2v) is 7.21. The van der Waals surface area contributed by atoms with Crippen LogP contribution in [0.2, 0.25) is 0 Å². The van der Waals surface area contributed by atoms with Gasteiger partial charge in [0.1, 0.15) is 10.8 Å². The van der Waals surface area contributed by atoms with E-state index in [4.69, 9.17) is 4.74 Å². The van der Waals surface area contributed by atoms with Crippen molar-refractivity contribution in [2.75, 3.05) is 20.2 Å². The summed E-state index contributed by atoms with van der Waals surface area (Å²) in [5.74, 6) is 1.24. The molecule has 0 saturated heterocycles. The lowest BCUT2D eigenvalue weighted by Crippen LogP contribution is -2.36. The number of aliphatic imine (C=N–C) groups is 1. The predicted octanol–water partition coefficient (Wildman–Crippen LogP) is 2.14. The van der Waals surface area contributed by atoms with E-state index >= 15 is 0 Å². The summed E-state index contributed by atoms with van der Waals surface area (Å²) in [5, 5.41) is 10.3. The maximum absolute atomic E-state index is 11.5. The van der Waals surface area contributed by atoms with Crippen molar-refractivity contribution in [2.24, 2.45) is 4.99 Å². The molecule has 0 aliphatic heterocycles. The second kappa shape index (κ2) is 10.5. The minimum absolute atomic E-state index is 0.0145. The molecular formula is C19H27N5O2S. The third kappa shape index (κ3) is 6.90. The van der Waals surface area contributed by atoms with Gasteiger partial charge in [-0.15, -0.1) is 11.3 Å². The summed E-state index contributed by atoms with van der Waals surface area (Å²) in [6.45, 7) is 7.80. The minimum Gasteiger partial charge on any atom is -0.484 e. The van der Waals surface area contributed by atoms with Crippen molar-refractivity contribution in [1.29, 1.82) is 0 Å². The van der Waals surface area contributed by atoms with Gasteiger partial charge in [-0.05, 0) is 38.5 Å². The summed E-state index contributed by atoms with van der Waals surface area (Å²) in [7, 11) is 1.74. The number of ether oxygens (including phenoxy) is 1. The van der Waals surface area contributed by atoms with E-state index in [1.807, 2.05) is 38.1 Å². The highest BCUT2D eigenvalue weighted by Crippen LogP contribution is 2.16. The van der Waals surface area contributed by atoms with E-state index in [2.05, 4.69) is 32.9 Å². The van der Waals surface area contributed by atoms with Crippen molar-refractivity contribution in [3.05, 3.63) is 45.4 Å². The summed E-state index contributed by atoms with van der Waals surface area (Å²) < 4.78 is 5.52. The Morgan fingerprint density at radius 2 is 2.00 bits per heavy atom. The number of hydrogen-bond donors (Lipinski definition) is 3. The molecule has 0 aliphatic carbocycles. The van der Waals surface area contributed by atoms with Gasteiger partial charge >= 0.3 is 0 Å². The van der Waals surface area contributed by atoms with E-state index in [1.54, 1.807) is 18.4 Å². The number of likely N-dealkylation sites (N-methyl/N-ethyl adjacent to an activating group) is 1. The third-order valence-electron chi connectivity index (χ3n) is 3.81. The van der Waals surface area contributed by atoms with E-state index in [0.29, 0.717) is 31.3 Å². The lowest BCUT2D eigenvalue weighted by molar-refractivity contribution is -0.122. The lowest BCUT2D eigenvalue weighted by atomic mass is 10.2. The minimum atomic E-state index is -0.127. The maximum atomic E-state index is 11.5. The van der Waals surface area contributed by atoms with Crippen molar-refractivity contribution in [1.82, 2.24) is 20.9 Å². The number of hydrogen-bond acceptors (Lipinski definition) is 5. The molecule has 2 aromatic rings. The first-order valence-electron chi connectivity index (χ1n) is 8.87. The fraction of sp³-hybridized carbons (Fsp3) is 0.421. The lowest BCUT2D eigenvalue weighted by Gasteiger charge is -2.12. The topological polar surface area (TPSA) is 87.6 Å². The Morgan fingerprint density at radius 3 is 2.67 bits per heavy atom. The van der Waals surface area contributed by atoms with Crippen LogP contribution in [0.15, 0.2) is 29.3 Å². The molecule has 0 saturated carbocycles. The predicted molar refractivity (Wildman–Crippen MR) is 109 cm³/mol. The molecule has 1 aromatic heterocycles. The molecule has 1 aromatic carbocycles. The van der Waals surface area contributed by atoms with E-state index in [0.717, 1.165) is 16.3 Å². The molecule has 0 radical (unpaired) electrons. The number of rotatable bonds is 8. The number of nitrogens with one attached hydrogen (secondary N) is 3. The first-order chi connectivity index (χ1) is 13.0. The van der Waals surface area contributed by atoms with E-state index in [9.17, 15) is 4.79 Å². The SMILES string of the molecule is CCNC(=O)COc1cccc(CNC(=NC)NCc2nc(C)c(C)s2)c1. The molecule has 0 spiro atoms. The molecule has 7 nitrogen and oxygen atoms in total. The van der Waals surface area contributed by atoms with Gasteiger partial charge in [0.25, 0.3) is 5.91 Å². The van der Waals surface area contributed by atoms with Gasteiger partial charge in [0, 0.05) is 25.0 Å². The van der Waals surface area contributed by atoms with Gasteiger partial charge in [0.2, 0.25) is 0 Å². The zero-order chi connectivity index (χ0) is 19.6. The molecule has 1 heterocycles. The first-order valence-corrected chi connectivity index (χ1v) is 9.69. The van der Waals surface area contributed by atoms with Crippen LogP contribution in [0.4, 0.5) is 0 Å². The number of carbonyl (C=O) groups is 1. The van der Waals surface area contributed by atoms with Crippen LogP contribution >= 0.6 is 11.3 Å². The van der Waals surface area contributed by atoms with Crippen molar-refractivity contribution >= 4 is 23.2 Å². The van der Waals surface area contributed by atoms with Crippen LogP contribution in [0.5, 0.6) is 5.75 Å². The summed E-state index contributed by atoms with van der Waals surface area (Å²) in [6, 6.07) is 7.64. The van der Waals surface area contributed by atoms with Crippen LogP contribution in [0.1, 0.15) is 28.1 Å². The molecule has 0 unspecified atom stereocenters. The Bertz CT molecular complexity index is 769. The smallest absolute Gasteiger partial charge is 0.257 e. The highest BCUT2D eigenvalue weighted by Gasteiger charge is 2.06. The number of guanidine groups is 1. The van der Waals surface area contributed by atoms with Crippen LogP contribution in [0.3, 0.4) is 0 Å². The van der Waals surface area contributed by atoms with Crippen LogP contribution in [0, 0.1) is 13.8 Å². The zero-order valence-corrected chi connectivity index (χ0v) is 17.1. The monoisotopic (exact) mass is 389 g/mol. The van der Waals surface area contributed by atoms with E-state index in [-0.39, 0.29) is 12.5 Å². The van der Waals surface area contributed by atoms with Gasteiger partial charge in [-0.2, -0.15) is 0 Å². The maximum Gasteiger partial charge on any atom is 0.257 e. The van der Waals surface area contributed by atoms with Gasteiger partial charge in [0.15, 0.2) is 12.6 Å². The molecular weight excluding hydrogens is 362 g/mol. The van der Waals surface area contributed by atoms with Gasteiger partial charge in [-0.25, -0.2) is 4.98 Å². The molecule has 8 heteroatoms. The van der Waals surface area contributed by atoms with Gasteiger partial charge in [-0.1, -0.05) is 12.1 Å². The standard InChI is InChI=1S/C19H27N5O2S/c1-5-21-17(25)12-26-16-8-6-7-15(9-16)10-22-19(20-4)23-11-18-24-13(2)14(3)27-18/h6-9H,5,10-12H2,1-4H3,(H,21,25)(H2,20,22,23). The molecule has 0 bridgehead atoms. The number of aryl methyl sites for hydroxylation is 2. The highest BCUT2D eigenvalue weighted by molar-refractivity contribution is 7.11. The van der Waals surface area contributed by atoms with Crippen LogP contribution in [-0.4, -0.2) is 37.1 Å². The number of benzene rings is 1. The Balaban J connectivity index is 1.83. The van der Waals surface area contributed by atoms with Crippen molar-refractivity contribution in [3.8, 4) is 5.75 Å². The number of nitrogens with zero attached hydrogens (tertiary/aromatic N) is 2. The van der Waals surface area contributed by atoms with Gasteiger partial charge in [0.05, 0.1) is 12.2 Å². The fourth-order valence-corrected chi connectivity index (χ4v) is 3.20. The normalized spacial score (nSPS) is 11.2. The first kappa shape index (κ1) is 20.7. The van der Waals surface area contributed by atoms with Crippen molar-refractivity contribution in [2.45, 2.75) is 33.9 Å². The summed E-state index contributed by atoms with van der Waals surface area (Å²) in [5.41, 5.74) is 2.11. The van der Waals surface area contributed by atoms with E-state index in [1.165, 1.54) is 4.88 Å². The molecule has 0 atom stereocenters. The third-order valence-corrected chi connectivity index (χ3v) is 4.88. The summed E-state index contributed by atoms with van der Waals surface area (Å²) in [4.78, 5) is 21.5. The molecule has 0 aliphatic rings. The molecule has 0 fully saturated rings. The van der Waals surface area contributed by atoms with E-state index < -0.39 is 0 Å². The van der Waals surface area contributed by atoms with Crippen LogP contribution in [-0.2, 0) is 17.9 Å². The Hall–Kier alpha value is -2.61. The second-order valence-electron chi connectivity index (χ2n) is 5.92. The quantitative estimate of drug-likeness (QED) is 0.476. The fourth-order valence-electron chi connectivity index (χ4n) is 2.32. The molecule has 2 rings (SSSR count). The summed E-state index contributed by atoms with van der Waals surface area (Å²) >= 11 is 1.69. The van der Waals surface area contributed by atoms with Gasteiger partial charge in [-0.3, -0.25) is 9.79 Å². The van der Waals surface area contributed by atoms with Crippen molar-refractivity contribution in [3.63, 3.8) is 0 Å². The number of aromatic nitrogens is 1. The zero-order valence-electron chi connectivity index (χ0n) is 16.3. The van der Waals surface area contributed by atoms with Gasteiger partial charge < -0.3 is 20.7 Å². The largest absolute Gasteiger partial charge is 0.484 e. The average molecular weight is 390 g/mol.